The topological polar surface area (TPSA) is 66.0 Å². The van der Waals surface area contributed by atoms with Crippen LogP contribution in [0.4, 0.5) is 23.1 Å². The first-order valence-corrected chi connectivity index (χ1v) is 9.70. The van der Waals surface area contributed by atoms with Gasteiger partial charge >= 0.3 is 0 Å². The lowest BCUT2D eigenvalue weighted by Crippen LogP contribution is -2.21. The van der Waals surface area contributed by atoms with E-state index in [1.807, 2.05) is 25.1 Å². The van der Waals surface area contributed by atoms with E-state index >= 15 is 0 Å². The van der Waals surface area contributed by atoms with E-state index in [9.17, 15) is 0 Å². The largest absolute Gasteiger partial charge is 0.372 e. The number of benzene rings is 1. The SMILES string of the molecule is CCN(CC)c1ccc(Nc2nc(C)cc(NCc3ccncc3)n2)c(C)c1. The molecule has 0 unspecified atom stereocenters. The Bertz CT molecular complexity index is 906. The number of nitrogens with zero attached hydrogens (tertiary/aromatic N) is 4. The molecule has 6 heteroatoms. The molecule has 2 aromatic heterocycles. The first-order chi connectivity index (χ1) is 13.6. The summed E-state index contributed by atoms with van der Waals surface area (Å²) in [4.78, 5) is 15.5. The molecule has 2 N–H and O–H groups in total. The molecule has 0 saturated heterocycles. The quantitative estimate of drug-likeness (QED) is 0.594. The van der Waals surface area contributed by atoms with Gasteiger partial charge in [0.15, 0.2) is 0 Å². The van der Waals surface area contributed by atoms with E-state index in [4.69, 9.17) is 0 Å². The highest BCUT2D eigenvalue weighted by atomic mass is 15.1. The van der Waals surface area contributed by atoms with Gasteiger partial charge in [-0.2, -0.15) is 4.98 Å². The number of aromatic nitrogens is 3. The summed E-state index contributed by atoms with van der Waals surface area (Å²) in [6.45, 7) is 11.1. The average molecular weight is 377 g/mol. The third-order valence-electron chi connectivity index (χ3n) is 4.66. The lowest BCUT2D eigenvalue weighted by Gasteiger charge is -2.22. The molecule has 3 aromatic rings. The van der Waals surface area contributed by atoms with Gasteiger partial charge < -0.3 is 15.5 Å². The van der Waals surface area contributed by atoms with E-state index in [2.05, 4.69) is 69.5 Å². The van der Waals surface area contributed by atoms with Gasteiger partial charge in [0, 0.05) is 55.2 Å². The molecule has 2 heterocycles. The number of hydrogen-bond donors (Lipinski definition) is 2. The van der Waals surface area contributed by atoms with Gasteiger partial charge in [-0.3, -0.25) is 4.98 Å². The second kappa shape index (κ2) is 9.17. The minimum Gasteiger partial charge on any atom is -0.372 e. The third kappa shape index (κ3) is 4.97. The Kier molecular flexibility index (Phi) is 6.42. The highest BCUT2D eigenvalue weighted by molar-refractivity contribution is 5.64. The van der Waals surface area contributed by atoms with E-state index in [1.165, 1.54) is 11.3 Å². The smallest absolute Gasteiger partial charge is 0.229 e. The third-order valence-corrected chi connectivity index (χ3v) is 4.66. The molecule has 0 bridgehead atoms. The summed E-state index contributed by atoms with van der Waals surface area (Å²) in [5.41, 5.74) is 5.48. The average Bonchev–Trinajstić information content (AvgIpc) is 2.70. The fourth-order valence-electron chi connectivity index (χ4n) is 3.10. The van der Waals surface area contributed by atoms with E-state index in [1.54, 1.807) is 12.4 Å². The number of rotatable bonds is 8. The summed E-state index contributed by atoms with van der Waals surface area (Å²) in [7, 11) is 0. The predicted molar refractivity (Wildman–Crippen MR) is 116 cm³/mol. The standard InChI is InChI=1S/C22H28N6/c1-5-28(6-2)19-7-8-20(16(3)13-19)26-22-25-17(4)14-21(27-22)24-15-18-9-11-23-12-10-18/h7-14H,5-6,15H2,1-4H3,(H2,24,25,26,27). The molecule has 1 aromatic carbocycles. The summed E-state index contributed by atoms with van der Waals surface area (Å²) in [5.74, 6) is 1.39. The molecule has 0 aliphatic heterocycles. The summed E-state index contributed by atoms with van der Waals surface area (Å²) < 4.78 is 0. The molecule has 0 aliphatic rings. The fraction of sp³-hybridized carbons (Fsp3) is 0.318. The summed E-state index contributed by atoms with van der Waals surface area (Å²) >= 11 is 0. The van der Waals surface area contributed by atoms with E-state index in [0.717, 1.165) is 35.9 Å². The van der Waals surface area contributed by atoms with Crippen LogP contribution < -0.4 is 15.5 Å². The summed E-state index contributed by atoms with van der Waals surface area (Å²) in [6, 6.07) is 12.4. The van der Waals surface area contributed by atoms with Gasteiger partial charge in [-0.15, -0.1) is 0 Å². The number of pyridine rings is 1. The monoisotopic (exact) mass is 376 g/mol. The van der Waals surface area contributed by atoms with Gasteiger partial charge in [0.1, 0.15) is 5.82 Å². The van der Waals surface area contributed by atoms with Crippen molar-refractivity contribution in [3.8, 4) is 0 Å². The van der Waals surface area contributed by atoms with Crippen molar-refractivity contribution >= 4 is 23.1 Å². The Hall–Kier alpha value is -3.15. The Balaban J connectivity index is 1.74. The van der Waals surface area contributed by atoms with Crippen LogP contribution in [0.5, 0.6) is 0 Å². The molecule has 146 valence electrons. The van der Waals surface area contributed by atoms with Crippen molar-refractivity contribution in [2.75, 3.05) is 28.6 Å². The number of aryl methyl sites for hydroxylation is 2. The predicted octanol–water partition coefficient (Wildman–Crippen LogP) is 4.69. The molecule has 0 aliphatic carbocycles. The van der Waals surface area contributed by atoms with Gasteiger partial charge in [0.25, 0.3) is 0 Å². The van der Waals surface area contributed by atoms with Gasteiger partial charge in [-0.25, -0.2) is 4.98 Å². The maximum Gasteiger partial charge on any atom is 0.229 e. The van der Waals surface area contributed by atoms with Crippen LogP contribution in [-0.2, 0) is 6.54 Å². The first kappa shape index (κ1) is 19.6. The van der Waals surface area contributed by atoms with Gasteiger partial charge in [-0.1, -0.05) is 0 Å². The highest BCUT2D eigenvalue weighted by Gasteiger charge is 2.08. The van der Waals surface area contributed by atoms with E-state index in [-0.39, 0.29) is 0 Å². The second-order valence-corrected chi connectivity index (χ2v) is 6.72. The molecule has 0 spiro atoms. The molecule has 3 rings (SSSR count). The molecular formula is C22H28N6. The molecule has 0 radical (unpaired) electrons. The second-order valence-electron chi connectivity index (χ2n) is 6.72. The van der Waals surface area contributed by atoms with Crippen molar-refractivity contribution in [3.63, 3.8) is 0 Å². The lowest BCUT2D eigenvalue weighted by atomic mass is 10.1. The lowest BCUT2D eigenvalue weighted by molar-refractivity contribution is 0.866. The van der Waals surface area contributed by atoms with Crippen molar-refractivity contribution in [3.05, 3.63) is 65.6 Å². The van der Waals surface area contributed by atoms with Gasteiger partial charge in [-0.05, 0) is 69.2 Å². The van der Waals surface area contributed by atoms with Crippen molar-refractivity contribution in [2.24, 2.45) is 0 Å². The highest BCUT2D eigenvalue weighted by Crippen LogP contribution is 2.25. The summed E-state index contributed by atoms with van der Waals surface area (Å²) in [5, 5.41) is 6.72. The van der Waals surface area contributed by atoms with E-state index < -0.39 is 0 Å². The Morgan fingerprint density at radius 3 is 2.36 bits per heavy atom. The maximum atomic E-state index is 4.62. The van der Waals surface area contributed by atoms with Crippen LogP contribution in [0.25, 0.3) is 0 Å². The van der Waals surface area contributed by atoms with Crippen molar-refractivity contribution in [1.29, 1.82) is 0 Å². The zero-order chi connectivity index (χ0) is 19.9. The first-order valence-electron chi connectivity index (χ1n) is 9.70. The van der Waals surface area contributed by atoms with Crippen LogP contribution in [0, 0.1) is 13.8 Å². The number of anilines is 4. The van der Waals surface area contributed by atoms with Gasteiger partial charge in [0.05, 0.1) is 0 Å². The van der Waals surface area contributed by atoms with Crippen molar-refractivity contribution in [1.82, 2.24) is 15.0 Å². The summed E-state index contributed by atoms with van der Waals surface area (Å²) in [6.07, 6.45) is 3.58. The minimum absolute atomic E-state index is 0.593. The maximum absolute atomic E-state index is 4.62. The molecule has 28 heavy (non-hydrogen) atoms. The molecule has 0 saturated carbocycles. The van der Waals surface area contributed by atoms with Crippen LogP contribution in [0.15, 0.2) is 48.8 Å². The van der Waals surface area contributed by atoms with Crippen LogP contribution >= 0.6 is 0 Å². The number of nitrogens with one attached hydrogen (secondary N) is 2. The van der Waals surface area contributed by atoms with Crippen LogP contribution in [-0.4, -0.2) is 28.0 Å². The Labute approximate surface area is 167 Å². The molecule has 6 nitrogen and oxygen atoms in total. The van der Waals surface area contributed by atoms with Crippen LogP contribution in [0.2, 0.25) is 0 Å². The zero-order valence-electron chi connectivity index (χ0n) is 17.0. The minimum atomic E-state index is 0.593. The molecule has 0 fully saturated rings. The molecular weight excluding hydrogens is 348 g/mol. The van der Waals surface area contributed by atoms with Crippen molar-refractivity contribution in [2.45, 2.75) is 34.2 Å². The Morgan fingerprint density at radius 2 is 1.68 bits per heavy atom. The zero-order valence-corrected chi connectivity index (χ0v) is 17.0. The molecule has 0 amide bonds. The van der Waals surface area contributed by atoms with Crippen LogP contribution in [0.3, 0.4) is 0 Å². The molecule has 0 atom stereocenters. The Morgan fingerprint density at radius 1 is 0.929 bits per heavy atom. The van der Waals surface area contributed by atoms with Gasteiger partial charge in [0.2, 0.25) is 5.95 Å². The fourth-order valence-corrected chi connectivity index (χ4v) is 3.10. The number of hydrogen-bond acceptors (Lipinski definition) is 6. The van der Waals surface area contributed by atoms with Crippen LogP contribution in [0.1, 0.15) is 30.7 Å². The normalized spacial score (nSPS) is 10.6. The van der Waals surface area contributed by atoms with E-state index in [0.29, 0.717) is 12.5 Å². The van der Waals surface area contributed by atoms with Crippen molar-refractivity contribution < 1.29 is 0 Å².